The SMILES string of the molecule is O=C(N[C@H](CO)Cc1ccccc1)c1cccc2c1NCCC2. The fourth-order valence-electron chi connectivity index (χ4n) is 3.02. The number of benzene rings is 2. The Morgan fingerprint density at radius 1 is 1.17 bits per heavy atom. The van der Waals surface area contributed by atoms with Crippen LogP contribution in [0.5, 0.6) is 0 Å². The molecule has 2 aromatic rings. The van der Waals surface area contributed by atoms with E-state index in [0.29, 0.717) is 12.0 Å². The molecule has 1 aliphatic rings. The van der Waals surface area contributed by atoms with Crippen molar-refractivity contribution in [1.29, 1.82) is 0 Å². The van der Waals surface area contributed by atoms with Gasteiger partial charge in [-0.05, 0) is 36.5 Å². The fourth-order valence-corrected chi connectivity index (χ4v) is 3.02. The third kappa shape index (κ3) is 3.71. The second-order valence-electron chi connectivity index (χ2n) is 5.91. The van der Waals surface area contributed by atoms with Gasteiger partial charge < -0.3 is 15.7 Å². The van der Waals surface area contributed by atoms with Gasteiger partial charge in [0.15, 0.2) is 0 Å². The lowest BCUT2D eigenvalue weighted by Gasteiger charge is -2.22. The van der Waals surface area contributed by atoms with Crippen molar-refractivity contribution in [3.8, 4) is 0 Å². The zero-order chi connectivity index (χ0) is 16.1. The molecule has 0 spiro atoms. The second kappa shape index (κ2) is 7.29. The summed E-state index contributed by atoms with van der Waals surface area (Å²) in [4.78, 5) is 12.6. The Morgan fingerprint density at radius 3 is 2.78 bits per heavy atom. The normalized spacial score (nSPS) is 14.5. The van der Waals surface area contributed by atoms with Crippen molar-refractivity contribution >= 4 is 11.6 Å². The molecule has 0 aromatic heterocycles. The van der Waals surface area contributed by atoms with Gasteiger partial charge in [0, 0.05) is 6.54 Å². The number of hydrogen-bond acceptors (Lipinski definition) is 3. The molecule has 1 heterocycles. The van der Waals surface area contributed by atoms with Crippen molar-refractivity contribution in [2.45, 2.75) is 25.3 Å². The maximum Gasteiger partial charge on any atom is 0.253 e. The molecular formula is C19H22N2O2. The Hall–Kier alpha value is -2.33. The summed E-state index contributed by atoms with van der Waals surface area (Å²) in [6, 6.07) is 15.4. The van der Waals surface area contributed by atoms with E-state index >= 15 is 0 Å². The standard InChI is InChI=1S/C19H22N2O2/c22-13-16(12-14-6-2-1-3-7-14)21-19(23)17-10-4-8-15-9-5-11-20-18(15)17/h1-4,6-8,10,16,20,22H,5,9,11-13H2,(H,21,23)/t16-/m0/s1. The van der Waals surface area contributed by atoms with Crippen molar-refractivity contribution < 1.29 is 9.90 Å². The number of aliphatic hydroxyl groups excluding tert-OH is 1. The molecule has 120 valence electrons. The number of aryl methyl sites for hydroxylation is 1. The third-order valence-corrected chi connectivity index (χ3v) is 4.20. The summed E-state index contributed by atoms with van der Waals surface area (Å²) < 4.78 is 0. The topological polar surface area (TPSA) is 61.4 Å². The van der Waals surface area contributed by atoms with Gasteiger partial charge in [-0.3, -0.25) is 4.79 Å². The minimum atomic E-state index is -0.288. The Balaban J connectivity index is 1.73. The Labute approximate surface area is 136 Å². The maximum absolute atomic E-state index is 12.6. The van der Waals surface area contributed by atoms with E-state index in [1.54, 1.807) is 0 Å². The van der Waals surface area contributed by atoms with E-state index in [2.05, 4.69) is 16.7 Å². The van der Waals surface area contributed by atoms with Gasteiger partial charge in [0.1, 0.15) is 0 Å². The molecule has 0 aliphatic carbocycles. The number of aliphatic hydroxyl groups is 1. The molecule has 0 unspecified atom stereocenters. The smallest absolute Gasteiger partial charge is 0.253 e. The molecule has 0 saturated carbocycles. The van der Waals surface area contributed by atoms with Gasteiger partial charge in [-0.25, -0.2) is 0 Å². The minimum absolute atomic E-state index is 0.0803. The summed E-state index contributed by atoms with van der Waals surface area (Å²) in [7, 11) is 0. The maximum atomic E-state index is 12.6. The fraction of sp³-hybridized carbons (Fsp3) is 0.316. The van der Waals surface area contributed by atoms with Gasteiger partial charge in [0.05, 0.1) is 23.9 Å². The number of amides is 1. The van der Waals surface area contributed by atoms with Crippen molar-refractivity contribution in [2.24, 2.45) is 0 Å². The quantitative estimate of drug-likeness (QED) is 0.794. The number of hydrogen-bond donors (Lipinski definition) is 3. The highest BCUT2D eigenvalue weighted by atomic mass is 16.3. The van der Waals surface area contributed by atoms with Gasteiger partial charge in [-0.15, -0.1) is 0 Å². The first-order chi connectivity index (χ1) is 11.3. The van der Waals surface area contributed by atoms with E-state index in [-0.39, 0.29) is 18.6 Å². The number of nitrogens with one attached hydrogen (secondary N) is 2. The minimum Gasteiger partial charge on any atom is -0.394 e. The summed E-state index contributed by atoms with van der Waals surface area (Å²) in [6.45, 7) is 0.813. The van der Waals surface area contributed by atoms with Crippen LogP contribution in [0.4, 0.5) is 5.69 Å². The molecule has 0 saturated heterocycles. The second-order valence-corrected chi connectivity index (χ2v) is 5.91. The van der Waals surface area contributed by atoms with Crippen LogP contribution < -0.4 is 10.6 Å². The average Bonchev–Trinajstić information content (AvgIpc) is 2.61. The highest BCUT2D eigenvalue weighted by Gasteiger charge is 2.19. The van der Waals surface area contributed by atoms with E-state index in [1.165, 1.54) is 5.56 Å². The van der Waals surface area contributed by atoms with Crippen LogP contribution in [-0.4, -0.2) is 30.2 Å². The van der Waals surface area contributed by atoms with Crippen LogP contribution in [0.1, 0.15) is 27.9 Å². The Kier molecular flexibility index (Phi) is 4.93. The third-order valence-electron chi connectivity index (χ3n) is 4.20. The highest BCUT2D eigenvalue weighted by molar-refractivity contribution is 6.00. The molecule has 0 bridgehead atoms. The number of anilines is 1. The molecule has 1 aliphatic heterocycles. The summed E-state index contributed by atoms with van der Waals surface area (Å²) in [5.74, 6) is -0.133. The monoisotopic (exact) mass is 310 g/mol. The summed E-state index contributed by atoms with van der Waals surface area (Å²) in [5, 5.41) is 15.9. The van der Waals surface area contributed by atoms with Crippen LogP contribution in [-0.2, 0) is 12.8 Å². The lowest BCUT2D eigenvalue weighted by Crippen LogP contribution is -2.39. The van der Waals surface area contributed by atoms with Crippen LogP contribution in [0.2, 0.25) is 0 Å². The van der Waals surface area contributed by atoms with Crippen LogP contribution in [0.3, 0.4) is 0 Å². The summed E-state index contributed by atoms with van der Waals surface area (Å²) >= 11 is 0. The number of carbonyl (C=O) groups is 1. The summed E-state index contributed by atoms with van der Waals surface area (Å²) in [6.07, 6.45) is 2.70. The lowest BCUT2D eigenvalue weighted by molar-refractivity contribution is 0.0917. The van der Waals surface area contributed by atoms with Gasteiger partial charge in [-0.2, -0.15) is 0 Å². The van der Waals surface area contributed by atoms with Crippen molar-refractivity contribution in [3.05, 3.63) is 65.2 Å². The van der Waals surface area contributed by atoms with Crippen molar-refractivity contribution in [2.75, 3.05) is 18.5 Å². The number of para-hydroxylation sites is 1. The molecule has 0 radical (unpaired) electrons. The van der Waals surface area contributed by atoms with Crippen LogP contribution in [0.25, 0.3) is 0 Å². The van der Waals surface area contributed by atoms with Gasteiger partial charge >= 0.3 is 0 Å². The molecule has 4 nitrogen and oxygen atoms in total. The van der Waals surface area contributed by atoms with E-state index < -0.39 is 0 Å². The van der Waals surface area contributed by atoms with E-state index in [0.717, 1.165) is 30.6 Å². The zero-order valence-electron chi connectivity index (χ0n) is 13.1. The number of fused-ring (bicyclic) bond motifs is 1. The van der Waals surface area contributed by atoms with Crippen molar-refractivity contribution in [1.82, 2.24) is 5.32 Å². The molecule has 23 heavy (non-hydrogen) atoms. The highest BCUT2D eigenvalue weighted by Crippen LogP contribution is 2.26. The number of carbonyl (C=O) groups excluding carboxylic acids is 1. The molecular weight excluding hydrogens is 288 g/mol. The molecule has 1 amide bonds. The molecule has 2 aromatic carbocycles. The number of rotatable bonds is 5. The first-order valence-electron chi connectivity index (χ1n) is 8.09. The van der Waals surface area contributed by atoms with Crippen LogP contribution in [0.15, 0.2) is 48.5 Å². The first kappa shape index (κ1) is 15.6. The van der Waals surface area contributed by atoms with Crippen molar-refractivity contribution in [3.63, 3.8) is 0 Å². The zero-order valence-corrected chi connectivity index (χ0v) is 13.1. The molecule has 3 N–H and O–H groups in total. The van der Waals surface area contributed by atoms with Crippen LogP contribution in [0, 0.1) is 0 Å². The van der Waals surface area contributed by atoms with Crippen LogP contribution >= 0.6 is 0 Å². The molecule has 1 atom stereocenters. The predicted octanol–water partition coefficient (Wildman–Crippen LogP) is 2.38. The van der Waals surface area contributed by atoms with E-state index in [4.69, 9.17) is 0 Å². The lowest BCUT2D eigenvalue weighted by atomic mass is 9.98. The van der Waals surface area contributed by atoms with Gasteiger partial charge in [-0.1, -0.05) is 42.5 Å². The first-order valence-corrected chi connectivity index (χ1v) is 8.09. The Bertz CT molecular complexity index is 670. The average molecular weight is 310 g/mol. The largest absolute Gasteiger partial charge is 0.394 e. The Morgan fingerprint density at radius 2 is 2.00 bits per heavy atom. The molecule has 3 rings (SSSR count). The predicted molar refractivity (Wildman–Crippen MR) is 91.7 cm³/mol. The van der Waals surface area contributed by atoms with Gasteiger partial charge in [0.2, 0.25) is 0 Å². The molecule has 4 heteroatoms. The summed E-state index contributed by atoms with van der Waals surface area (Å²) in [5.41, 5.74) is 3.88. The van der Waals surface area contributed by atoms with E-state index in [9.17, 15) is 9.90 Å². The van der Waals surface area contributed by atoms with Gasteiger partial charge in [0.25, 0.3) is 5.91 Å². The molecule has 0 fully saturated rings. The van der Waals surface area contributed by atoms with E-state index in [1.807, 2.05) is 42.5 Å².